The molecule has 0 aromatic carbocycles. The van der Waals surface area contributed by atoms with Gasteiger partial charge in [0.1, 0.15) is 0 Å². The molecule has 7 saturated carbocycles. The molecular weight excluding hydrogens is 288 g/mol. The van der Waals surface area contributed by atoms with Crippen molar-refractivity contribution in [1.29, 1.82) is 0 Å². The molecule has 0 aromatic rings. The van der Waals surface area contributed by atoms with E-state index in [9.17, 15) is 29.7 Å². The van der Waals surface area contributed by atoms with E-state index in [1.54, 1.807) is 0 Å². The molecule has 3 N–H and O–H groups in total. The molecule has 0 saturated heterocycles. The Labute approximate surface area is 125 Å². The second kappa shape index (κ2) is 2.81. The monoisotopic (exact) mass is 304 g/mol. The number of hydrogen-bond acceptors (Lipinski definition) is 3. The second-order valence-electron chi connectivity index (χ2n) is 8.48. The summed E-state index contributed by atoms with van der Waals surface area (Å²) in [6, 6.07) is 0. The highest BCUT2D eigenvalue weighted by atomic mass is 16.4. The van der Waals surface area contributed by atoms with Gasteiger partial charge in [-0.3, -0.25) is 14.4 Å². The lowest BCUT2D eigenvalue weighted by Crippen LogP contribution is -2.53. The lowest BCUT2D eigenvalue weighted by molar-refractivity contribution is -0.178. The summed E-state index contributed by atoms with van der Waals surface area (Å²) in [4.78, 5) is 36.0. The minimum Gasteiger partial charge on any atom is -0.481 e. The van der Waals surface area contributed by atoms with Gasteiger partial charge in [-0.05, 0) is 59.7 Å². The average Bonchev–Trinajstić information content (AvgIpc) is 2.97. The molecule has 0 aromatic heterocycles. The summed E-state index contributed by atoms with van der Waals surface area (Å²) in [5, 5.41) is 29.4. The maximum atomic E-state index is 12.2. The quantitative estimate of drug-likeness (QED) is 0.656. The van der Waals surface area contributed by atoms with Crippen LogP contribution in [0.15, 0.2) is 0 Å². The van der Waals surface area contributed by atoms with Crippen LogP contribution in [0, 0.1) is 64.1 Å². The Morgan fingerprint density at radius 3 is 2.09 bits per heavy atom. The Morgan fingerprint density at radius 1 is 0.818 bits per heavy atom. The largest absolute Gasteiger partial charge is 0.481 e. The lowest BCUT2D eigenvalue weighted by Gasteiger charge is -2.48. The molecule has 116 valence electrons. The number of carboxylic acids is 3. The van der Waals surface area contributed by atoms with Crippen molar-refractivity contribution in [3.05, 3.63) is 0 Å². The van der Waals surface area contributed by atoms with E-state index in [1.165, 1.54) is 0 Å². The highest BCUT2D eigenvalue weighted by Crippen LogP contribution is 2.98. The molecule has 0 heterocycles. The maximum absolute atomic E-state index is 12.2. The van der Waals surface area contributed by atoms with Gasteiger partial charge < -0.3 is 15.3 Å². The van der Waals surface area contributed by atoms with E-state index in [4.69, 9.17) is 0 Å². The summed E-state index contributed by atoms with van der Waals surface area (Å²) < 4.78 is 0. The molecule has 6 nitrogen and oxygen atoms in total. The van der Waals surface area contributed by atoms with Crippen LogP contribution in [-0.2, 0) is 14.4 Å². The van der Waals surface area contributed by atoms with Crippen LogP contribution in [0.1, 0.15) is 12.8 Å². The summed E-state index contributed by atoms with van der Waals surface area (Å²) in [6.45, 7) is 0. The first kappa shape index (κ1) is 11.9. The summed E-state index contributed by atoms with van der Waals surface area (Å²) in [6.07, 6.45) is 0.807. The minimum atomic E-state index is -1.85. The smallest absolute Gasteiger partial charge is 0.321 e. The highest BCUT2D eigenvalue weighted by molar-refractivity contribution is 6.02. The van der Waals surface area contributed by atoms with Gasteiger partial charge in [-0.25, -0.2) is 0 Å². The summed E-state index contributed by atoms with van der Waals surface area (Å²) in [5.41, 5.74) is -2.89. The fourth-order valence-corrected chi connectivity index (χ4v) is 9.61. The Morgan fingerprint density at radius 2 is 1.50 bits per heavy atom. The standard InChI is InChI=1S/C16H16O6/c17-5(18)2-15-10-4-1-3-6-7(4)11(15)9(6)12(8(3)10)16(15,13(19)20)14(21)22/h3-4,6-12H,1-2H2,(H,17,18)(H,19,20)(H,21,22)/t3-,4?,6?,7?,8?,9?,10?,11?,12?,15+/m1/s1. The van der Waals surface area contributed by atoms with Crippen molar-refractivity contribution in [2.75, 3.05) is 0 Å². The molecule has 7 aliphatic carbocycles. The second-order valence-corrected chi connectivity index (χ2v) is 8.48. The Bertz CT molecular complexity index is 685. The van der Waals surface area contributed by atoms with Crippen molar-refractivity contribution in [3.8, 4) is 0 Å². The minimum absolute atomic E-state index is 0.0239. The topological polar surface area (TPSA) is 112 Å². The summed E-state index contributed by atoms with van der Waals surface area (Å²) >= 11 is 0. The first-order chi connectivity index (χ1) is 10.4. The molecular formula is C16H16O6. The van der Waals surface area contributed by atoms with Crippen LogP contribution in [0.5, 0.6) is 0 Å². The molecule has 7 rings (SSSR count). The van der Waals surface area contributed by atoms with Crippen LogP contribution in [0.25, 0.3) is 0 Å². The van der Waals surface area contributed by atoms with Gasteiger partial charge in [0.15, 0.2) is 5.41 Å². The normalized spacial score (nSPS) is 61.9. The van der Waals surface area contributed by atoms with Crippen LogP contribution in [-0.4, -0.2) is 33.2 Å². The van der Waals surface area contributed by atoms with Crippen molar-refractivity contribution in [2.45, 2.75) is 12.8 Å². The van der Waals surface area contributed by atoms with Gasteiger partial charge in [-0.2, -0.15) is 0 Å². The maximum Gasteiger partial charge on any atom is 0.321 e. The third-order valence-electron chi connectivity index (χ3n) is 8.99. The van der Waals surface area contributed by atoms with Gasteiger partial charge >= 0.3 is 17.9 Å². The molecule has 10 atom stereocenters. The zero-order valence-corrected chi connectivity index (χ0v) is 11.7. The molecule has 8 unspecified atom stereocenters. The molecule has 0 radical (unpaired) electrons. The van der Waals surface area contributed by atoms with E-state index in [2.05, 4.69) is 0 Å². The number of aliphatic carboxylic acids is 3. The average molecular weight is 304 g/mol. The zero-order valence-electron chi connectivity index (χ0n) is 11.7. The zero-order chi connectivity index (χ0) is 15.3. The van der Waals surface area contributed by atoms with Crippen molar-refractivity contribution < 1.29 is 29.7 Å². The lowest BCUT2D eigenvalue weighted by atomic mass is 9.55. The molecule has 6 heteroatoms. The van der Waals surface area contributed by atoms with Gasteiger partial charge in [0.2, 0.25) is 0 Å². The van der Waals surface area contributed by atoms with Crippen molar-refractivity contribution >= 4 is 17.9 Å². The molecule has 4 bridgehead atoms. The number of rotatable bonds is 4. The van der Waals surface area contributed by atoms with Gasteiger partial charge in [0.25, 0.3) is 0 Å². The Hall–Kier alpha value is -1.59. The van der Waals surface area contributed by atoms with Gasteiger partial charge in [-0.15, -0.1) is 0 Å². The Balaban J connectivity index is 1.70. The van der Waals surface area contributed by atoms with Crippen molar-refractivity contribution in [1.82, 2.24) is 0 Å². The molecule has 0 aliphatic heterocycles. The summed E-state index contributed by atoms with van der Waals surface area (Å²) in [5.74, 6) is -1.78. The van der Waals surface area contributed by atoms with E-state index in [0.29, 0.717) is 23.7 Å². The van der Waals surface area contributed by atoms with E-state index >= 15 is 0 Å². The third-order valence-corrected chi connectivity index (χ3v) is 8.99. The van der Waals surface area contributed by atoms with Crippen LogP contribution < -0.4 is 0 Å². The number of hydrogen-bond donors (Lipinski definition) is 3. The molecule has 7 aliphatic rings. The SMILES string of the molecule is O=C(O)C[C@@]12C3C4C5C[C@@H]6C4C3C(C6C51)C2(C(=O)O)C(=O)O. The summed E-state index contributed by atoms with van der Waals surface area (Å²) in [7, 11) is 0. The van der Waals surface area contributed by atoms with E-state index < -0.39 is 28.7 Å². The first-order valence-corrected chi connectivity index (χ1v) is 8.09. The van der Waals surface area contributed by atoms with Crippen LogP contribution in [0.2, 0.25) is 0 Å². The predicted molar refractivity (Wildman–Crippen MR) is 68.4 cm³/mol. The Kier molecular flexibility index (Phi) is 1.52. The molecule has 0 spiro atoms. The van der Waals surface area contributed by atoms with E-state index in [0.717, 1.165) is 6.42 Å². The van der Waals surface area contributed by atoms with Crippen molar-refractivity contribution in [3.63, 3.8) is 0 Å². The molecule has 22 heavy (non-hydrogen) atoms. The third kappa shape index (κ3) is 0.683. The fourth-order valence-electron chi connectivity index (χ4n) is 9.61. The number of carbonyl (C=O) groups is 3. The van der Waals surface area contributed by atoms with Gasteiger partial charge in [0, 0.05) is 5.41 Å². The van der Waals surface area contributed by atoms with E-state index in [-0.39, 0.29) is 36.0 Å². The fraction of sp³-hybridized carbons (Fsp3) is 0.812. The predicted octanol–water partition coefficient (Wildman–Crippen LogP) is 0.621. The van der Waals surface area contributed by atoms with E-state index in [1.807, 2.05) is 0 Å². The molecule has 7 fully saturated rings. The number of carboxylic acid groups (broad SMARTS) is 3. The van der Waals surface area contributed by atoms with Gasteiger partial charge in [0.05, 0.1) is 6.42 Å². The van der Waals surface area contributed by atoms with Gasteiger partial charge in [-0.1, -0.05) is 0 Å². The van der Waals surface area contributed by atoms with Crippen LogP contribution >= 0.6 is 0 Å². The highest BCUT2D eigenvalue weighted by Gasteiger charge is 3.00. The van der Waals surface area contributed by atoms with Crippen LogP contribution in [0.4, 0.5) is 0 Å². The van der Waals surface area contributed by atoms with Crippen LogP contribution in [0.3, 0.4) is 0 Å². The van der Waals surface area contributed by atoms with Crippen molar-refractivity contribution in [2.24, 2.45) is 64.1 Å². The first-order valence-electron chi connectivity index (χ1n) is 8.09. The molecule has 0 amide bonds.